The number of ether oxygens (including phenoxy) is 5. The zero-order valence-corrected chi connectivity index (χ0v) is 61.7. The molecule has 0 N–H and O–H groups in total. The molecule has 10 heteroatoms. The van der Waals surface area contributed by atoms with Crippen LogP contribution in [0.3, 0.4) is 0 Å². The van der Waals surface area contributed by atoms with Gasteiger partial charge in [-0.1, -0.05) is 187 Å². The molecule has 12 aromatic rings. The van der Waals surface area contributed by atoms with E-state index in [0.29, 0.717) is 105 Å². The Balaban J connectivity index is 1.20. The van der Waals surface area contributed by atoms with E-state index in [1.807, 2.05) is 72.8 Å². The molecular weight excluding hydrogens is 1210 g/mol. The molecular formula is C88H96N2O8. The van der Waals surface area contributed by atoms with Crippen molar-refractivity contribution in [2.24, 2.45) is 21.7 Å². The van der Waals surface area contributed by atoms with Crippen molar-refractivity contribution >= 4 is 82.5 Å². The summed E-state index contributed by atoms with van der Waals surface area (Å²) in [6.07, 6.45) is 3.76. The zero-order valence-electron chi connectivity index (χ0n) is 61.7. The number of imidazole rings is 1. The van der Waals surface area contributed by atoms with Crippen molar-refractivity contribution in [3.8, 4) is 46.0 Å². The highest BCUT2D eigenvalue weighted by atomic mass is 16.6. The second-order valence-corrected chi connectivity index (χ2v) is 35.9. The molecule has 0 radical (unpaired) electrons. The molecule has 0 atom stereocenters. The van der Waals surface area contributed by atoms with Gasteiger partial charge in [0.15, 0.2) is 0 Å². The summed E-state index contributed by atoms with van der Waals surface area (Å²) in [5, 5.41) is 5.17. The third-order valence-electron chi connectivity index (χ3n) is 20.1. The first-order chi connectivity index (χ1) is 45.5. The number of carbonyl (C=O) groups excluding carboxylic acids is 2. The molecule has 0 bridgehead atoms. The number of esters is 2. The minimum absolute atomic E-state index is 0.0610. The summed E-state index contributed by atoms with van der Waals surface area (Å²) in [7, 11) is 0. The lowest BCUT2D eigenvalue weighted by Crippen LogP contribution is -2.24. The average Bonchev–Trinajstić information content (AvgIpc) is 0.889. The van der Waals surface area contributed by atoms with Crippen LogP contribution in [0.15, 0.2) is 138 Å². The molecule has 0 unspecified atom stereocenters. The van der Waals surface area contributed by atoms with Crippen LogP contribution in [0, 0.1) is 35.5 Å². The van der Waals surface area contributed by atoms with Gasteiger partial charge in [-0.2, -0.15) is 0 Å². The predicted octanol–water partition coefficient (Wildman–Crippen LogP) is 24.4. The second kappa shape index (κ2) is 23.0. The van der Waals surface area contributed by atoms with E-state index >= 15 is 4.79 Å². The number of carbonyl (C=O) groups is 2. The van der Waals surface area contributed by atoms with Gasteiger partial charge in [0.2, 0.25) is 0 Å². The Hall–Kier alpha value is -9.02. The molecule has 10 nitrogen and oxygen atoms in total. The summed E-state index contributed by atoms with van der Waals surface area (Å²) < 4.78 is 37.2. The second-order valence-electron chi connectivity index (χ2n) is 35.9. The van der Waals surface area contributed by atoms with Gasteiger partial charge >= 0.3 is 11.9 Å². The van der Waals surface area contributed by atoms with E-state index in [0.717, 1.165) is 59.1 Å². The monoisotopic (exact) mass is 1310 g/mol. The number of aryl methyl sites for hydroxylation is 2. The normalized spacial score (nSPS) is 13.9. The molecule has 0 fully saturated rings. The van der Waals surface area contributed by atoms with Gasteiger partial charge in [0, 0.05) is 48.5 Å². The molecule has 506 valence electrons. The number of aromatic nitrogens is 2. The van der Waals surface area contributed by atoms with Crippen LogP contribution in [0.1, 0.15) is 218 Å². The minimum Gasteiger partial charge on any atom is -0.457 e. The molecule has 98 heavy (non-hydrogen) atoms. The number of nitrogens with zero attached hydrogens (tertiary/aromatic N) is 2. The highest BCUT2D eigenvalue weighted by molar-refractivity contribution is 6.44. The highest BCUT2D eigenvalue weighted by Gasteiger charge is 2.38. The Kier molecular flexibility index (Phi) is 15.9. The maximum atomic E-state index is 16.3. The third-order valence-corrected chi connectivity index (χ3v) is 20.1. The topological polar surface area (TPSA) is 115 Å². The van der Waals surface area contributed by atoms with E-state index in [1.54, 1.807) is 16.5 Å². The molecule has 3 heterocycles. The van der Waals surface area contributed by atoms with Gasteiger partial charge in [-0.05, 0) is 201 Å². The third kappa shape index (κ3) is 12.5. The molecule has 0 spiro atoms. The molecule has 0 aliphatic carbocycles. The largest absolute Gasteiger partial charge is 0.457 e. The van der Waals surface area contributed by atoms with E-state index in [1.165, 1.54) is 0 Å². The van der Waals surface area contributed by atoms with Gasteiger partial charge in [-0.3, -0.25) is 9.20 Å². The molecule has 2 aromatic heterocycles. The van der Waals surface area contributed by atoms with Crippen molar-refractivity contribution in [3.05, 3.63) is 188 Å². The van der Waals surface area contributed by atoms with E-state index in [9.17, 15) is 9.59 Å². The molecule has 0 amide bonds. The molecule has 0 saturated carbocycles. The lowest BCUT2D eigenvalue weighted by molar-refractivity contribution is 0.0390. The number of hydrogen-bond donors (Lipinski definition) is 0. The highest BCUT2D eigenvalue weighted by Crippen LogP contribution is 2.58. The van der Waals surface area contributed by atoms with Crippen molar-refractivity contribution in [1.29, 1.82) is 0 Å². The Labute approximate surface area is 577 Å². The fourth-order valence-corrected chi connectivity index (χ4v) is 17.3. The summed E-state index contributed by atoms with van der Waals surface area (Å²) in [6, 6.07) is 44.3. The standard InChI is InChI=1S/C88H96N2O8/c1-49-39-63-64(40-50(49)2)90-77(89-63)59-41-65(94-55-31-23-51(24-32-55)85(15,16)45-81(3,4)5)71-73-67(96-57-35-27-53(28-36-57)87(19,20)47-83(9,10)11)43-61-70-62(80(93)98-79(61)92)44-68(97-58-37-29-54(30-38-58)88(21,22)48-84(12,13)14)74(76(70)73)72-66(42-60(78(90)91)69(59)75(71)72)95-56-33-25-52(26-34-56)86(17,18)46-82(6,7)8/h23-44H,45-48H2,1-22H3. The lowest BCUT2D eigenvalue weighted by Gasteiger charge is -2.33. The Bertz CT molecular complexity index is 5100. The van der Waals surface area contributed by atoms with Crippen LogP contribution in [0.5, 0.6) is 46.0 Å². The number of cyclic esters (lactones) is 2. The first-order valence-corrected chi connectivity index (χ1v) is 34.8. The fraction of sp³-hybridized carbons (Fsp3) is 0.386. The van der Waals surface area contributed by atoms with Crippen molar-refractivity contribution in [2.75, 3.05) is 0 Å². The number of fused-ring (bicyclic) bond motifs is 6. The van der Waals surface area contributed by atoms with Gasteiger partial charge in [0.25, 0.3) is 5.56 Å². The Morgan fingerprint density at radius 2 is 0.643 bits per heavy atom. The number of hydrogen-bond acceptors (Lipinski definition) is 9. The predicted molar refractivity (Wildman–Crippen MR) is 403 cm³/mol. The van der Waals surface area contributed by atoms with Crippen LogP contribution in [0.2, 0.25) is 0 Å². The van der Waals surface area contributed by atoms with E-state index in [2.05, 4.69) is 201 Å². The molecule has 1 aliphatic heterocycles. The summed E-state index contributed by atoms with van der Waals surface area (Å²) in [4.78, 5) is 51.3. The number of pyridine rings is 1. The molecule has 13 rings (SSSR count). The first kappa shape index (κ1) is 67.5. The number of benzene rings is 10. The molecule has 1 aliphatic rings. The molecule has 0 saturated heterocycles. The maximum absolute atomic E-state index is 16.3. The van der Waals surface area contributed by atoms with E-state index in [-0.39, 0.29) is 71.5 Å². The Morgan fingerprint density at radius 3 is 0.969 bits per heavy atom. The van der Waals surface area contributed by atoms with Gasteiger partial charge in [0.1, 0.15) is 51.6 Å². The summed E-state index contributed by atoms with van der Waals surface area (Å²) in [5.41, 5.74) is 7.98. The van der Waals surface area contributed by atoms with Crippen molar-refractivity contribution in [2.45, 2.75) is 200 Å². The minimum atomic E-state index is -0.825. The quantitative estimate of drug-likeness (QED) is 0.0404. The van der Waals surface area contributed by atoms with Crippen LogP contribution in [-0.2, 0) is 26.4 Å². The Morgan fingerprint density at radius 1 is 0.347 bits per heavy atom. The van der Waals surface area contributed by atoms with Gasteiger partial charge in [0.05, 0.1) is 27.5 Å². The van der Waals surface area contributed by atoms with E-state index < -0.39 is 11.9 Å². The zero-order chi connectivity index (χ0) is 70.7. The van der Waals surface area contributed by atoms with Gasteiger partial charge in [-0.25, -0.2) is 14.6 Å². The summed E-state index contributed by atoms with van der Waals surface area (Å²) in [6.45, 7) is 49.4. The van der Waals surface area contributed by atoms with Crippen molar-refractivity contribution in [3.63, 3.8) is 0 Å². The van der Waals surface area contributed by atoms with Crippen LogP contribution >= 0.6 is 0 Å². The smallest absolute Gasteiger partial charge is 0.346 e. The van der Waals surface area contributed by atoms with Gasteiger partial charge in [-0.15, -0.1) is 0 Å². The van der Waals surface area contributed by atoms with Crippen LogP contribution in [-0.4, -0.2) is 21.3 Å². The summed E-state index contributed by atoms with van der Waals surface area (Å²) >= 11 is 0. The van der Waals surface area contributed by atoms with Crippen LogP contribution in [0.4, 0.5) is 0 Å². The number of rotatable bonds is 16. The summed E-state index contributed by atoms with van der Waals surface area (Å²) in [5.74, 6) is 1.73. The van der Waals surface area contributed by atoms with Crippen LogP contribution < -0.4 is 24.5 Å². The maximum Gasteiger partial charge on any atom is 0.346 e. The van der Waals surface area contributed by atoms with E-state index in [4.69, 9.17) is 28.7 Å². The van der Waals surface area contributed by atoms with Crippen molar-refractivity contribution < 1.29 is 33.3 Å². The first-order valence-electron chi connectivity index (χ1n) is 34.8. The SMILES string of the molecule is Cc1cc2nc3c4cc(Oc5ccc(C(C)(C)CC(C)(C)C)cc5)c5c6c(Oc7ccc(C(C)(C)CC(C)(C)C)cc7)cc7c8c(cc(Oc9ccc(C(C)(C)CC(C)(C)C)cc9)c(c9c(Oc%10ccc(C(C)(C)CC(C)(C)C)cc%10)cc(c(=O)n3c2cc1C)c4c95)c86)C(=O)OC7=O. The fourth-order valence-electron chi connectivity index (χ4n) is 17.3. The molecule has 10 aromatic carbocycles. The van der Waals surface area contributed by atoms with Crippen molar-refractivity contribution in [1.82, 2.24) is 9.38 Å². The van der Waals surface area contributed by atoms with Gasteiger partial charge < -0.3 is 23.7 Å². The van der Waals surface area contributed by atoms with Crippen LogP contribution in [0.25, 0.3) is 70.5 Å². The average molecular weight is 1310 g/mol. The lowest BCUT2D eigenvalue weighted by atomic mass is 9.72.